The fourth-order valence-electron chi connectivity index (χ4n) is 2.78. The zero-order chi connectivity index (χ0) is 16.7. The fraction of sp³-hybridized carbons (Fsp3) is 0.286. The van der Waals surface area contributed by atoms with Gasteiger partial charge >= 0.3 is 0 Å². The second kappa shape index (κ2) is 5.68. The van der Waals surface area contributed by atoms with E-state index in [4.69, 9.17) is 11.6 Å². The molecule has 10 heteroatoms. The Kier molecular flexibility index (Phi) is 3.49. The topological polar surface area (TPSA) is 105 Å². The lowest BCUT2D eigenvalue weighted by molar-refractivity contribution is 0.0705. The van der Waals surface area contributed by atoms with Crippen LogP contribution in [0, 0.1) is 0 Å². The third-order valence-electron chi connectivity index (χ3n) is 3.99. The zero-order valence-corrected chi connectivity index (χ0v) is 13.5. The quantitative estimate of drug-likeness (QED) is 0.749. The molecule has 0 spiro atoms. The molecule has 0 saturated carbocycles. The molecule has 4 rings (SSSR count). The van der Waals surface area contributed by atoms with Gasteiger partial charge in [-0.2, -0.15) is 5.10 Å². The number of halogens is 1. The molecule has 1 aliphatic heterocycles. The number of tetrazole rings is 1. The molecule has 0 radical (unpaired) electrons. The van der Waals surface area contributed by atoms with E-state index in [0.717, 1.165) is 5.57 Å². The highest BCUT2D eigenvalue weighted by molar-refractivity contribution is 6.30. The molecule has 1 aliphatic rings. The second-order valence-corrected chi connectivity index (χ2v) is 6.03. The molecule has 1 amide bonds. The summed E-state index contributed by atoms with van der Waals surface area (Å²) in [5.74, 6) is 0.496. The van der Waals surface area contributed by atoms with Crippen molar-refractivity contribution in [3.63, 3.8) is 0 Å². The third kappa shape index (κ3) is 2.52. The van der Waals surface area contributed by atoms with Crippen LogP contribution in [-0.4, -0.2) is 58.6 Å². The van der Waals surface area contributed by atoms with Gasteiger partial charge < -0.3 is 4.90 Å². The summed E-state index contributed by atoms with van der Waals surface area (Å²) in [7, 11) is 0. The van der Waals surface area contributed by atoms with E-state index in [9.17, 15) is 4.79 Å². The Bertz CT molecular complexity index is 932. The van der Waals surface area contributed by atoms with Gasteiger partial charge in [-0.05, 0) is 29.3 Å². The summed E-state index contributed by atoms with van der Waals surface area (Å²) in [6, 6.07) is 1.66. The molecular weight excluding hydrogens is 332 g/mol. The van der Waals surface area contributed by atoms with E-state index in [2.05, 4.69) is 30.7 Å². The van der Waals surface area contributed by atoms with Crippen LogP contribution in [0.15, 0.2) is 24.5 Å². The summed E-state index contributed by atoms with van der Waals surface area (Å²) in [6.07, 6.45) is 5.76. The normalized spacial score (nSPS) is 18.0. The standard InChI is InChI=1S/C14H13ClN8O/c1-8-4-9(13-17-20-21-18-13)2-3-22(8)14(24)11-5-12-16-6-10(15)7-23(12)19-11/h2,5-8H,3-4H2,1H3,(H,17,18,20,21). The molecular formula is C14H13ClN8O. The van der Waals surface area contributed by atoms with E-state index in [0.29, 0.717) is 35.2 Å². The molecule has 0 aromatic carbocycles. The predicted molar refractivity (Wildman–Crippen MR) is 85.3 cm³/mol. The smallest absolute Gasteiger partial charge is 0.274 e. The third-order valence-corrected chi connectivity index (χ3v) is 4.19. The van der Waals surface area contributed by atoms with Gasteiger partial charge in [0.25, 0.3) is 5.91 Å². The number of carbonyl (C=O) groups excluding carboxylic acids is 1. The summed E-state index contributed by atoms with van der Waals surface area (Å²) >= 11 is 5.90. The Morgan fingerprint density at radius 1 is 1.46 bits per heavy atom. The molecule has 24 heavy (non-hydrogen) atoms. The van der Waals surface area contributed by atoms with Gasteiger partial charge in [-0.1, -0.05) is 17.7 Å². The summed E-state index contributed by atoms with van der Waals surface area (Å²) < 4.78 is 1.51. The highest BCUT2D eigenvalue weighted by Gasteiger charge is 2.28. The summed E-state index contributed by atoms with van der Waals surface area (Å²) in [5.41, 5.74) is 1.92. The first-order chi connectivity index (χ1) is 11.6. The lowest BCUT2D eigenvalue weighted by Gasteiger charge is -2.31. The molecule has 0 fully saturated rings. The molecule has 122 valence electrons. The predicted octanol–water partition coefficient (Wildman–Crippen LogP) is 1.21. The maximum absolute atomic E-state index is 12.8. The Balaban J connectivity index is 1.59. The van der Waals surface area contributed by atoms with Crippen molar-refractivity contribution in [2.24, 2.45) is 0 Å². The van der Waals surface area contributed by atoms with Crippen LogP contribution < -0.4 is 0 Å². The minimum absolute atomic E-state index is 0.00367. The number of H-pyrrole nitrogens is 1. The monoisotopic (exact) mass is 344 g/mol. The number of carbonyl (C=O) groups is 1. The van der Waals surface area contributed by atoms with Crippen molar-refractivity contribution in [3.05, 3.63) is 41.1 Å². The van der Waals surface area contributed by atoms with Crippen LogP contribution in [0.25, 0.3) is 11.2 Å². The fourth-order valence-corrected chi connectivity index (χ4v) is 2.92. The minimum Gasteiger partial charge on any atom is -0.330 e. The average Bonchev–Trinajstić information content (AvgIpc) is 3.23. The molecule has 1 atom stereocenters. The molecule has 0 aliphatic carbocycles. The first-order valence-electron chi connectivity index (χ1n) is 7.37. The minimum atomic E-state index is -0.143. The van der Waals surface area contributed by atoms with Crippen molar-refractivity contribution in [1.29, 1.82) is 0 Å². The highest BCUT2D eigenvalue weighted by atomic mass is 35.5. The van der Waals surface area contributed by atoms with Gasteiger partial charge in [0.15, 0.2) is 17.2 Å². The van der Waals surface area contributed by atoms with Crippen molar-refractivity contribution in [2.45, 2.75) is 19.4 Å². The van der Waals surface area contributed by atoms with Crippen molar-refractivity contribution in [2.75, 3.05) is 6.54 Å². The number of hydrogen-bond acceptors (Lipinski definition) is 6. The van der Waals surface area contributed by atoms with E-state index >= 15 is 0 Å². The molecule has 4 heterocycles. The van der Waals surface area contributed by atoms with Gasteiger partial charge in [-0.3, -0.25) is 4.79 Å². The van der Waals surface area contributed by atoms with E-state index < -0.39 is 0 Å². The van der Waals surface area contributed by atoms with Crippen LogP contribution >= 0.6 is 11.6 Å². The number of rotatable bonds is 2. The van der Waals surface area contributed by atoms with E-state index in [1.54, 1.807) is 17.2 Å². The van der Waals surface area contributed by atoms with Gasteiger partial charge in [0, 0.05) is 24.8 Å². The SMILES string of the molecule is CC1CC(c2nnn[nH]2)=CCN1C(=O)c1cc2ncc(Cl)cn2n1. The Hall–Kier alpha value is -2.81. The van der Waals surface area contributed by atoms with Gasteiger partial charge in [-0.25, -0.2) is 14.6 Å². The summed E-state index contributed by atoms with van der Waals surface area (Å²) in [5, 5.41) is 18.6. The first-order valence-corrected chi connectivity index (χ1v) is 7.74. The zero-order valence-electron chi connectivity index (χ0n) is 12.7. The summed E-state index contributed by atoms with van der Waals surface area (Å²) in [6.45, 7) is 2.46. The number of aromatic nitrogens is 7. The van der Waals surface area contributed by atoms with Crippen molar-refractivity contribution < 1.29 is 4.79 Å². The van der Waals surface area contributed by atoms with Gasteiger partial charge in [0.05, 0.1) is 11.2 Å². The molecule has 9 nitrogen and oxygen atoms in total. The lowest BCUT2D eigenvalue weighted by atomic mass is 10.0. The van der Waals surface area contributed by atoms with Crippen LogP contribution in [0.1, 0.15) is 29.7 Å². The number of nitrogens with zero attached hydrogens (tertiary/aromatic N) is 7. The molecule has 3 aromatic rings. The largest absolute Gasteiger partial charge is 0.330 e. The van der Waals surface area contributed by atoms with Crippen LogP contribution in [-0.2, 0) is 0 Å². The maximum Gasteiger partial charge on any atom is 0.274 e. The number of nitrogens with one attached hydrogen (secondary N) is 1. The van der Waals surface area contributed by atoms with Crippen molar-refractivity contribution >= 4 is 28.7 Å². The van der Waals surface area contributed by atoms with E-state index in [1.165, 1.54) is 10.7 Å². The molecule has 0 bridgehead atoms. The number of hydrogen-bond donors (Lipinski definition) is 1. The molecule has 3 aromatic heterocycles. The van der Waals surface area contributed by atoms with Gasteiger partial charge in [0.2, 0.25) is 0 Å². The van der Waals surface area contributed by atoms with Gasteiger partial charge in [-0.15, -0.1) is 5.10 Å². The van der Waals surface area contributed by atoms with Gasteiger partial charge in [0.1, 0.15) is 0 Å². The maximum atomic E-state index is 12.8. The van der Waals surface area contributed by atoms with Crippen LogP contribution in [0.3, 0.4) is 0 Å². The average molecular weight is 345 g/mol. The molecule has 0 saturated heterocycles. The first kappa shape index (κ1) is 14.8. The molecule has 1 unspecified atom stereocenters. The number of amides is 1. The van der Waals surface area contributed by atoms with Crippen LogP contribution in [0.4, 0.5) is 0 Å². The highest BCUT2D eigenvalue weighted by Crippen LogP contribution is 2.24. The van der Waals surface area contributed by atoms with E-state index in [1.807, 2.05) is 13.0 Å². The van der Waals surface area contributed by atoms with E-state index in [-0.39, 0.29) is 11.9 Å². The van der Waals surface area contributed by atoms with Crippen LogP contribution in [0.2, 0.25) is 5.02 Å². The Morgan fingerprint density at radius 3 is 3.08 bits per heavy atom. The van der Waals surface area contributed by atoms with Crippen LogP contribution in [0.5, 0.6) is 0 Å². The second-order valence-electron chi connectivity index (χ2n) is 5.59. The summed E-state index contributed by atoms with van der Waals surface area (Å²) in [4.78, 5) is 18.7. The van der Waals surface area contributed by atoms with Crippen molar-refractivity contribution in [1.82, 2.24) is 40.1 Å². The number of aromatic amines is 1. The lowest BCUT2D eigenvalue weighted by Crippen LogP contribution is -2.41. The number of fused-ring (bicyclic) bond motifs is 1. The Labute approximate surface area is 141 Å². The Morgan fingerprint density at radius 2 is 2.33 bits per heavy atom. The molecule has 1 N–H and O–H groups in total. The van der Waals surface area contributed by atoms with Crippen molar-refractivity contribution in [3.8, 4) is 0 Å².